The number of guanidine groups is 1. The highest BCUT2D eigenvalue weighted by molar-refractivity contribution is 14.0. The molecule has 3 rings (SSSR count). The fourth-order valence-corrected chi connectivity index (χ4v) is 3.50. The standard InChI is InChI=1S/C18H25N5S.HI/c1-19-18(22-14-16-6-5-11-24-16)21-13-15-7-8-20-17(12-15)23-9-3-2-4-10-23;/h5-8,11-12H,2-4,9-10,13-14H2,1H3,(H2,19,21,22);1H. The number of hydrogen-bond acceptors (Lipinski definition) is 4. The molecule has 0 spiro atoms. The zero-order valence-corrected chi connectivity index (χ0v) is 17.7. The first-order valence-electron chi connectivity index (χ1n) is 8.52. The van der Waals surface area contributed by atoms with Gasteiger partial charge in [-0.2, -0.15) is 0 Å². The Hall–Kier alpha value is -1.35. The predicted octanol–water partition coefficient (Wildman–Crippen LogP) is 3.62. The maximum absolute atomic E-state index is 4.53. The van der Waals surface area contributed by atoms with Crippen molar-refractivity contribution in [3.8, 4) is 0 Å². The molecule has 0 radical (unpaired) electrons. The first-order valence-corrected chi connectivity index (χ1v) is 9.40. The van der Waals surface area contributed by atoms with Gasteiger partial charge in [-0.15, -0.1) is 35.3 Å². The van der Waals surface area contributed by atoms with Gasteiger partial charge >= 0.3 is 0 Å². The number of hydrogen-bond donors (Lipinski definition) is 2. The second kappa shape index (κ2) is 10.6. The highest BCUT2D eigenvalue weighted by Gasteiger charge is 2.12. The Morgan fingerprint density at radius 2 is 2.00 bits per heavy atom. The number of thiophene rings is 1. The molecule has 0 amide bonds. The first kappa shape index (κ1) is 20.0. The van der Waals surface area contributed by atoms with Crippen molar-refractivity contribution in [2.24, 2.45) is 4.99 Å². The number of anilines is 1. The molecular formula is C18H26IN5S. The van der Waals surface area contributed by atoms with E-state index in [1.165, 1.54) is 29.7 Å². The molecule has 5 nitrogen and oxygen atoms in total. The van der Waals surface area contributed by atoms with Crippen molar-refractivity contribution in [1.82, 2.24) is 15.6 Å². The molecule has 0 aliphatic carbocycles. The van der Waals surface area contributed by atoms with Gasteiger partial charge in [0.05, 0.1) is 6.54 Å². The fraction of sp³-hybridized carbons (Fsp3) is 0.444. The summed E-state index contributed by atoms with van der Waals surface area (Å²) in [6.45, 7) is 3.78. The van der Waals surface area contributed by atoms with Gasteiger partial charge in [0.15, 0.2) is 5.96 Å². The van der Waals surface area contributed by atoms with Gasteiger partial charge in [0.25, 0.3) is 0 Å². The van der Waals surface area contributed by atoms with Crippen molar-refractivity contribution in [3.63, 3.8) is 0 Å². The Morgan fingerprint density at radius 3 is 2.72 bits per heavy atom. The van der Waals surface area contributed by atoms with E-state index in [-0.39, 0.29) is 24.0 Å². The van der Waals surface area contributed by atoms with Crippen molar-refractivity contribution in [2.45, 2.75) is 32.4 Å². The molecule has 1 saturated heterocycles. The summed E-state index contributed by atoms with van der Waals surface area (Å²) in [6, 6.07) is 8.44. The Bertz CT molecular complexity index is 653. The molecule has 1 fully saturated rings. The molecule has 25 heavy (non-hydrogen) atoms. The maximum atomic E-state index is 4.53. The molecular weight excluding hydrogens is 445 g/mol. The highest BCUT2D eigenvalue weighted by atomic mass is 127. The summed E-state index contributed by atoms with van der Waals surface area (Å²) in [6.07, 6.45) is 5.78. The zero-order valence-electron chi connectivity index (χ0n) is 14.6. The van der Waals surface area contributed by atoms with E-state index in [1.54, 1.807) is 18.4 Å². The van der Waals surface area contributed by atoms with E-state index in [0.29, 0.717) is 0 Å². The number of pyridine rings is 1. The maximum Gasteiger partial charge on any atom is 0.191 e. The van der Waals surface area contributed by atoms with Crippen LogP contribution in [0.5, 0.6) is 0 Å². The Kier molecular flexibility index (Phi) is 8.47. The first-order chi connectivity index (χ1) is 11.8. The minimum Gasteiger partial charge on any atom is -0.357 e. The van der Waals surface area contributed by atoms with Gasteiger partial charge in [0.2, 0.25) is 0 Å². The quantitative estimate of drug-likeness (QED) is 0.398. The van der Waals surface area contributed by atoms with Crippen molar-refractivity contribution >= 4 is 47.1 Å². The number of aromatic nitrogens is 1. The summed E-state index contributed by atoms with van der Waals surface area (Å²) in [5, 5.41) is 8.81. The second-order valence-corrected chi connectivity index (χ2v) is 6.96. The molecule has 1 aliphatic rings. The Balaban J connectivity index is 0.00000225. The lowest BCUT2D eigenvalue weighted by atomic mass is 10.1. The number of halogens is 1. The van der Waals surface area contributed by atoms with Crippen LogP contribution in [0.4, 0.5) is 5.82 Å². The van der Waals surface area contributed by atoms with E-state index < -0.39 is 0 Å². The van der Waals surface area contributed by atoms with E-state index in [4.69, 9.17) is 0 Å². The molecule has 0 aromatic carbocycles. The van der Waals surface area contributed by atoms with Gasteiger partial charge < -0.3 is 15.5 Å². The van der Waals surface area contributed by atoms with Crippen molar-refractivity contribution in [3.05, 3.63) is 46.3 Å². The fourth-order valence-electron chi connectivity index (χ4n) is 2.86. The topological polar surface area (TPSA) is 52.6 Å². The van der Waals surface area contributed by atoms with Crippen molar-refractivity contribution < 1.29 is 0 Å². The van der Waals surface area contributed by atoms with Gasteiger partial charge in [0.1, 0.15) is 5.82 Å². The Labute approximate surface area is 171 Å². The molecule has 7 heteroatoms. The third kappa shape index (κ3) is 6.14. The number of nitrogens with one attached hydrogen (secondary N) is 2. The van der Waals surface area contributed by atoms with Crippen LogP contribution in [0.3, 0.4) is 0 Å². The van der Waals surface area contributed by atoms with Crippen molar-refractivity contribution in [1.29, 1.82) is 0 Å². The smallest absolute Gasteiger partial charge is 0.191 e. The van der Waals surface area contributed by atoms with Crippen molar-refractivity contribution in [2.75, 3.05) is 25.0 Å². The summed E-state index contributed by atoms with van der Waals surface area (Å²) in [5.74, 6) is 1.91. The van der Waals surface area contributed by atoms with Crippen LogP contribution in [-0.4, -0.2) is 31.1 Å². The third-order valence-corrected chi connectivity index (χ3v) is 5.06. The summed E-state index contributed by atoms with van der Waals surface area (Å²) in [4.78, 5) is 12.5. The molecule has 0 bridgehead atoms. The molecule has 0 unspecified atom stereocenters. The summed E-state index contributed by atoms with van der Waals surface area (Å²) >= 11 is 1.75. The number of piperidine rings is 1. The van der Waals surface area contributed by atoms with Crippen LogP contribution < -0.4 is 15.5 Å². The van der Waals surface area contributed by atoms with Gasteiger partial charge in [-0.25, -0.2) is 4.98 Å². The van der Waals surface area contributed by atoms with E-state index >= 15 is 0 Å². The lowest BCUT2D eigenvalue weighted by Gasteiger charge is -2.28. The lowest BCUT2D eigenvalue weighted by Crippen LogP contribution is -2.36. The van der Waals surface area contributed by atoms with Crippen LogP contribution >= 0.6 is 35.3 Å². The summed E-state index contributed by atoms with van der Waals surface area (Å²) in [7, 11) is 1.80. The number of nitrogens with zero attached hydrogens (tertiary/aromatic N) is 3. The average molecular weight is 471 g/mol. The van der Waals surface area contributed by atoms with Crippen LogP contribution in [0.2, 0.25) is 0 Å². The second-order valence-electron chi connectivity index (χ2n) is 5.93. The average Bonchev–Trinajstić information content (AvgIpc) is 3.16. The van der Waals surface area contributed by atoms with Gasteiger partial charge in [-0.3, -0.25) is 4.99 Å². The molecule has 2 aromatic rings. The molecule has 0 atom stereocenters. The van der Waals surface area contributed by atoms with E-state index in [9.17, 15) is 0 Å². The summed E-state index contributed by atoms with van der Waals surface area (Å²) in [5.41, 5.74) is 1.23. The van der Waals surface area contributed by atoms with E-state index in [1.807, 2.05) is 6.20 Å². The molecule has 2 N–H and O–H groups in total. The monoisotopic (exact) mass is 471 g/mol. The molecule has 3 heterocycles. The predicted molar refractivity (Wildman–Crippen MR) is 117 cm³/mol. The number of aliphatic imine (C=N–C) groups is 1. The van der Waals surface area contributed by atoms with Crippen LogP contribution in [0.15, 0.2) is 40.8 Å². The normalized spacial score (nSPS) is 14.8. The van der Waals surface area contributed by atoms with Crippen LogP contribution in [-0.2, 0) is 13.1 Å². The molecule has 0 saturated carbocycles. The Morgan fingerprint density at radius 1 is 1.20 bits per heavy atom. The SMILES string of the molecule is CN=C(NCc1ccnc(N2CCCCC2)c1)NCc1cccs1.I. The minimum absolute atomic E-state index is 0. The lowest BCUT2D eigenvalue weighted by molar-refractivity contribution is 0.573. The minimum atomic E-state index is 0. The molecule has 1 aliphatic heterocycles. The largest absolute Gasteiger partial charge is 0.357 e. The molecule has 136 valence electrons. The highest BCUT2D eigenvalue weighted by Crippen LogP contribution is 2.18. The van der Waals surface area contributed by atoms with Gasteiger partial charge in [-0.1, -0.05) is 6.07 Å². The van der Waals surface area contributed by atoms with Gasteiger partial charge in [-0.05, 0) is 48.4 Å². The van der Waals surface area contributed by atoms with Crippen LogP contribution in [0, 0.1) is 0 Å². The van der Waals surface area contributed by atoms with E-state index in [2.05, 4.69) is 55.2 Å². The zero-order chi connectivity index (χ0) is 16.6. The molecule has 2 aromatic heterocycles. The summed E-state index contributed by atoms with van der Waals surface area (Å²) < 4.78 is 0. The van der Waals surface area contributed by atoms with Crippen LogP contribution in [0.25, 0.3) is 0 Å². The third-order valence-electron chi connectivity index (χ3n) is 4.18. The van der Waals surface area contributed by atoms with Gasteiger partial charge in [0, 0.05) is 37.8 Å². The van der Waals surface area contributed by atoms with Crippen LogP contribution in [0.1, 0.15) is 29.7 Å². The number of rotatable bonds is 5. The van der Waals surface area contributed by atoms with E-state index in [0.717, 1.165) is 38.0 Å².